The molecule has 0 unspecified atom stereocenters. The number of amides is 1. The third-order valence-corrected chi connectivity index (χ3v) is 5.05. The van der Waals surface area contributed by atoms with Crippen molar-refractivity contribution in [2.75, 3.05) is 32.1 Å². The molecule has 1 heterocycles. The number of carboxylic acid groups (broad SMARTS) is 1. The van der Waals surface area contributed by atoms with Crippen LogP contribution in [0.4, 0.5) is 19.3 Å². The van der Waals surface area contributed by atoms with E-state index in [1.165, 1.54) is 21.7 Å². The molecule has 9 heteroatoms. The summed E-state index contributed by atoms with van der Waals surface area (Å²) in [7, 11) is 3.93. The maximum Gasteiger partial charge on any atom is 0.411 e. The summed E-state index contributed by atoms with van der Waals surface area (Å²) in [4.78, 5) is 27.5. The van der Waals surface area contributed by atoms with Gasteiger partial charge in [0.2, 0.25) is 0 Å². The normalized spacial score (nSPS) is 11.1. The molecule has 33 heavy (non-hydrogen) atoms. The van der Waals surface area contributed by atoms with Crippen LogP contribution in [0.5, 0.6) is 0 Å². The molecule has 2 aromatic carbocycles. The monoisotopic (exact) mass is 456 g/mol. The first-order valence-corrected chi connectivity index (χ1v) is 10.5. The molecule has 0 aliphatic carbocycles. The molecule has 0 radical (unpaired) electrons. The predicted molar refractivity (Wildman–Crippen MR) is 123 cm³/mol. The summed E-state index contributed by atoms with van der Waals surface area (Å²) < 4.78 is 28.3. The number of halogens is 2. The third kappa shape index (κ3) is 6.69. The number of benzene rings is 2. The van der Waals surface area contributed by atoms with E-state index in [-0.39, 0.29) is 23.4 Å². The largest absolute Gasteiger partial charge is 0.465 e. The lowest BCUT2D eigenvalue weighted by atomic mass is 10.1. The number of anilines is 1. The van der Waals surface area contributed by atoms with Crippen molar-refractivity contribution < 1.29 is 18.7 Å². The highest BCUT2D eigenvalue weighted by atomic mass is 19.1. The van der Waals surface area contributed by atoms with Gasteiger partial charge < -0.3 is 10.0 Å². The summed E-state index contributed by atoms with van der Waals surface area (Å²) >= 11 is 0. The Hall–Kier alpha value is -3.59. The summed E-state index contributed by atoms with van der Waals surface area (Å²) in [5.74, 6) is -1.48. The number of unbranched alkanes of at least 4 members (excludes halogenated alkanes) is 1. The van der Waals surface area contributed by atoms with Crippen LogP contribution in [0.3, 0.4) is 0 Å². The molecule has 0 saturated carbocycles. The van der Waals surface area contributed by atoms with Crippen LogP contribution >= 0.6 is 0 Å². The minimum absolute atomic E-state index is 0.0758. The summed E-state index contributed by atoms with van der Waals surface area (Å²) in [6.45, 7) is 1.30. The van der Waals surface area contributed by atoms with Crippen molar-refractivity contribution in [2.24, 2.45) is 0 Å². The summed E-state index contributed by atoms with van der Waals surface area (Å²) in [5, 5.41) is 13.9. The molecule has 3 rings (SSSR count). The Balaban J connectivity index is 1.82. The molecule has 3 aromatic rings. The molecule has 0 saturated heterocycles. The second kappa shape index (κ2) is 10.8. The van der Waals surface area contributed by atoms with Crippen LogP contribution in [0.25, 0.3) is 11.3 Å². The zero-order chi connectivity index (χ0) is 24.0. The average molecular weight is 456 g/mol. The standard InChI is InChI=1S/C24H26F2N4O3/c1-28(2)10-3-4-11-29(24(32)33)21-7-5-6-17(12-21)16-30-23(31)9-8-22(27-30)18-13-19(25)15-20(26)14-18/h5-9,12-15H,3-4,10-11,16H2,1-2H3,(H,32,33). The topological polar surface area (TPSA) is 78.7 Å². The van der Waals surface area contributed by atoms with Gasteiger partial charge in [0.05, 0.1) is 12.2 Å². The van der Waals surface area contributed by atoms with Gasteiger partial charge in [0, 0.05) is 29.9 Å². The second-order valence-corrected chi connectivity index (χ2v) is 7.99. The van der Waals surface area contributed by atoms with Crippen molar-refractivity contribution in [2.45, 2.75) is 19.4 Å². The van der Waals surface area contributed by atoms with E-state index < -0.39 is 17.7 Å². The summed E-state index contributed by atoms with van der Waals surface area (Å²) in [6.07, 6.45) is 0.521. The molecule has 1 N–H and O–H groups in total. The number of rotatable bonds is 9. The number of carbonyl (C=O) groups is 1. The van der Waals surface area contributed by atoms with Gasteiger partial charge in [-0.15, -0.1) is 0 Å². The van der Waals surface area contributed by atoms with E-state index in [9.17, 15) is 23.5 Å². The molecule has 0 fully saturated rings. The van der Waals surface area contributed by atoms with Gasteiger partial charge in [-0.3, -0.25) is 9.69 Å². The number of hydrogen-bond donors (Lipinski definition) is 1. The molecule has 1 amide bonds. The van der Waals surface area contributed by atoms with Crippen molar-refractivity contribution >= 4 is 11.8 Å². The second-order valence-electron chi connectivity index (χ2n) is 7.99. The van der Waals surface area contributed by atoms with Crippen molar-refractivity contribution in [3.05, 3.63) is 82.1 Å². The minimum atomic E-state index is -1.05. The SMILES string of the molecule is CN(C)CCCCN(C(=O)O)c1cccc(Cn2nc(-c3cc(F)cc(F)c3)ccc2=O)c1. The lowest BCUT2D eigenvalue weighted by Gasteiger charge is -2.20. The Morgan fingerprint density at radius 2 is 1.70 bits per heavy atom. The van der Waals surface area contributed by atoms with Crippen molar-refractivity contribution in [3.63, 3.8) is 0 Å². The highest BCUT2D eigenvalue weighted by Gasteiger charge is 2.15. The molecular formula is C24H26F2N4O3. The van der Waals surface area contributed by atoms with Crippen LogP contribution in [0.15, 0.2) is 59.4 Å². The Morgan fingerprint density at radius 3 is 2.36 bits per heavy atom. The lowest BCUT2D eigenvalue weighted by Crippen LogP contribution is -2.31. The first kappa shape index (κ1) is 24.1. The molecule has 174 valence electrons. The maximum atomic E-state index is 13.6. The van der Waals surface area contributed by atoms with Gasteiger partial charge in [-0.05, 0) is 69.4 Å². The minimum Gasteiger partial charge on any atom is -0.465 e. The van der Waals surface area contributed by atoms with Crippen LogP contribution in [-0.4, -0.2) is 53.1 Å². The highest BCUT2D eigenvalue weighted by molar-refractivity contribution is 5.86. The van der Waals surface area contributed by atoms with E-state index in [2.05, 4.69) is 5.10 Å². The zero-order valence-electron chi connectivity index (χ0n) is 18.5. The van der Waals surface area contributed by atoms with E-state index in [0.717, 1.165) is 31.2 Å². The average Bonchev–Trinajstić information content (AvgIpc) is 2.74. The van der Waals surface area contributed by atoms with Gasteiger partial charge >= 0.3 is 6.09 Å². The molecule has 0 atom stereocenters. The predicted octanol–water partition coefficient (Wildman–Crippen LogP) is 4.06. The van der Waals surface area contributed by atoms with E-state index >= 15 is 0 Å². The number of hydrogen-bond acceptors (Lipinski definition) is 4. The van der Waals surface area contributed by atoms with Crippen LogP contribution in [0.2, 0.25) is 0 Å². The number of nitrogens with zero attached hydrogens (tertiary/aromatic N) is 4. The molecule has 0 bridgehead atoms. The fourth-order valence-electron chi connectivity index (χ4n) is 3.45. The van der Waals surface area contributed by atoms with E-state index in [0.29, 0.717) is 24.2 Å². The van der Waals surface area contributed by atoms with E-state index in [1.54, 1.807) is 24.3 Å². The molecule has 0 aliphatic heterocycles. The van der Waals surface area contributed by atoms with Crippen molar-refractivity contribution in [1.29, 1.82) is 0 Å². The molecular weight excluding hydrogens is 430 g/mol. The highest BCUT2D eigenvalue weighted by Crippen LogP contribution is 2.20. The van der Waals surface area contributed by atoms with Crippen LogP contribution in [0, 0.1) is 11.6 Å². The van der Waals surface area contributed by atoms with Crippen LogP contribution in [-0.2, 0) is 6.54 Å². The smallest absolute Gasteiger partial charge is 0.411 e. The fraction of sp³-hybridized carbons (Fsp3) is 0.292. The Morgan fingerprint density at radius 1 is 1.00 bits per heavy atom. The van der Waals surface area contributed by atoms with Gasteiger partial charge in [0.15, 0.2) is 0 Å². The van der Waals surface area contributed by atoms with Crippen molar-refractivity contribution in [3.8, 4) is 11.3 Å². The number of aromatic nitrogens is 2. The summed E-state index contributed by atoms with van der Waals surface area (Å²) in [5.41, 5.74) is 1.24. The molecule has 0 spiro atoms. The lowest BCUT2D eigenvalue weighted by molar-refractivity contribution is 0.201. The molecule has 1 aromatic heterocycles. The summed E-state index contributed by atoms with van der Waals surface area (Å²) in [6, 6.07) is 12.6. The van der Waals surface area contributed by atoms with Crippen molar-refractivity contribution in [1.82, 2.24) is 14.7 Å². The Bertz CT molecular complexity index is 1160. The Labute approximate surface area is 190 Å². The van der Waals surface area contributed by atoms with Gasteiger partial charge in [-0.1, -0.05) is 12.1 Å². The first-order chi connectivity index (χ1) is 15.7. The van der Waals surface area contributed by atoms with Gasteiger partial charge in [0.25, 0.3) is 5.56 Å². The fourth-order valence-corrected chi connectivity index (χ4v) is 3.45. The van der Waals surface area contributed by atoms with Gasteiger partial charge in [0.1, 0.15) is 11.6 Å². The van der Waals surface area contributed by atoms with E-state index in [4.69, 9.17) is 0 Å². The van der Waals surface area contributed by atoms with E-state index in [1.807, 2.05) is 19.0 Å². The zero-order valence-corrected chi connectivity index (χ0v) is 18.5. The molecule has 0 aliphatic rings. The maximum absolute atomic E-state index is 13.6. The van der Waals surface area contributed by atoms with Crippen LogP contribution < -0.4 is 10.5 Å². The Kier molecular flexibility index (Phi) is 7.89. The molecule has 7 nitrogen and oxygen atoms in total. The quantitative estimate of drug-likeness (QED) is 0.491. The third-order valence-electron chi connectivity index (χ3n) is 5.05. The van der Waals surface area contributed by atoms with Crippen LogP contribution in [0.1, 0.15) is 18.4 Å². The van der Waals surface area contributed by atoms with Gasteiger partial charge in [-0.25, -0.2) is 18.3 Å². The first-order valence-electron chi connectivity index (χ1n) is 10.5. The van der Waals surface area contributed by atoms with Gasteiger partial charge in [-0.2, -0.15) is 5.10 Å².